The van der Waals surface area contributed by atoms with Crippen molar-refractivity contribution >= 4 is 39.5 Å². The van der Waals surface area contributed by atoms with Crippen LogP contribution < -0.4 is 0 Å². The van der Waals surface area contributed by atoms with Gasteiger partial charge in [0.15, 0.2) is 12.2 Å². The zero-order valence-electron chi connectivity index (χ0n) is 61.8. The second-order valence-corrected chi connectivity index (χ2v) is 27.3. The van der Waals surface area contributed by atoms with Crippen molar-refractivity contribution in [3.8, 4) is 0 Å². The molecule has 0 aromatic rings. The summed E-state index contributed by atoms with van der Waals surface area (Å²) >= 11 is 0. The number of carbonyl (C=O) groups is 4. The smallest absolute Gasteiger partial charge is 0.462 e. The maximum atomic E-state index is 13.1. The number of phosphoric acid groups is 2. The molecule has 100 heavy (non-hydrogen) atoms. The Balaban J connectivity index is 5.42. The van der Waals surface area contributed by atoms with Crippen molar-refractivity contribution in [3.05, 3.63) is 158 Å². The summed E-state index contributed by atoms with van der Waals surface area (Å²) in [7, 11) is -9.99. The van der Waals surface area contributed by atoms with Gasteiger partial charge in [-0.1, -0.05) is 243 Å². The lowest BCUT2D eigenvalue weighted by molar-refractivity contribution is -0.161. The maximum absolute atomic E-state index is 13.1. The lowest BCUT2D eigenvalue weighted by atomic mass is 10.1. The van der Waals surface area contributed by atoms with Crippen LogP contribution in [0, 0.1) is 0 Å². The van der Waals surface area contributed by atoms with Gasteiger partial charge in [-0.25, -0.2) is 9.13 Å². The Morgan fingerprint density at radius 3 is 0.830 bits per heavy atom. The van der Waals surface area contributed by atoms with Gasteiger partial charge in [-0.2, -0.15) is 0 Å². The molecule has 0 radical (unpaired) electrons. The van der Waals surface area contributed by atoms with E-state index in [1.807, 2.05) is 0 Å². The first-order valence-electron chi connectivity index (χ1n) is 37.7. The molecule has 0 bridgehead atoms. The molecule has 568 valence electrons. The Bertz CT molecular complexity index is 2520. The monoisotopic (exact) mass is 1440 g/mol. The number of aliphatic hydroxyl groups excluding tert-OH is 1. The topological polar surface area (TPSA) is 237 Å². The molecule has 0 saturated carbocycles. The standard InChI is InChI=1S/C81H132O17P2/c1-5-9-13-17-21-25-29-32-35-37-40-42-46-49-53-57-61-65-78(83)91-71-76(97-80(85)67-63-59-55-51-45-28-24-20-16-12-8-4)73-95-99(87,88)93-69-75(82)70-94-100(89,90)96-74-77(98-81(86)68-64-60-56-52-48-44-39-34-31-27-23-19-15-11-7-3)72-92-79(84)66-62-58-54-50-47-43-41-38-36-33-30-26-22-18-14-10-6-2/h9-11,13-15,20-27,32-36,39-43,48,52,75-77,82H,5-8,12,16-19,28-31,37-38,44-47,49-51,53-74H2,1-4H3,(H,87,88)(H,89,90)/b13-9-,14-10-,15-11-,24-20-,25-21-,26-22-,27-23-,35-32-,36-33-,39-34-,42-40-,43-41-,52-48-. The van der Waals surface area contributed by atoms with E-state index in [1.54, 1.807) is 0 Å². The van der Waals surface area contributed by atoms with Gasteiger partial charge in [0.2, 0.25) is 0 Å². The quantitative estimate of drug-likeness (QED) is 0.0169. The first-order chi connectivity index (χ1) is 48.7. The zero-order valence-corrected chi connectivity index (χ0v) is 63.6. The van der Waals surface area contributed by atoms with Gasteiger partial charge in [0.1, 0.15) is 19.3 Å². The summed E-state index contributed by atoms with van der Waals surface area (Å²) in [6.07, 6.45) is 82.5. The van der Waals surface area contributed by atoms with Gasteiger partial charge in [-0.15, -0.1) is 0 Å². The summed E-state index contributed by atoms with van der Waals surface area (Å²) in [5, 5.41) is 10.6. The lowest BCUT2D eigenvalue weighted by Gasteiger charge is -2.21. The Morgan fingerprint density at radius 2 is 0.520 bits per heavy atom. The summed E-state index contributed by atoms with van der Waals surface area (Å²) < 4.78 is 68.3. The van der Waals surface area contributed by atoms with Crippen LogP contribution in [-0.2, 0) is 65.4 Å². The molecule has 0 rings (SSSR count). The van der Waals surface area contributed by atoms with Crippen LogP contribution in [0.3, 0.4) is 0 Å². The van der Waals surface area contributed by atoms with E-state index < -0.39 is 97.5 Å². The van der Waals surface area contributed by atoms with Gasteiger partial charge < -0.3 is 33.8 Å². The molecule has 0 fully saturated rings. The predicted molar refractivity (Wildman–Crippen MR) is 408 cm³/mol. The highest BCUT2D eigenvalue weighted by Crippen LogP contribution is 2.45. The average molecular weight is 1440 g/mol. The molecule has 0 spiro atoms. The molecular weight excluding hydrogens is 1310 g/mol. The average Bonchev–Trinajstić information content (AvgIpc) is 1.02. The van der Waals surface area contributed by atoms with Crippen LogP contribution in [0.5, 0.6) is 0 Å². The van der Waals surface area contributed by atoms with E-state index in [2.05, 4.69) is 186 Å². The van der Waals surface area contributed by atoms with Crippen molar-refractivity contribution in [1.82, 2.24) is 0 Å². The van der Waals surface area contributed by atoms with Crippen molar-refractivity contribution in [2.45, 2.75) is 290 Å². The molecule has 5 unspecified atom stereocenters. The van der Waals surface area contributed by atoms with Crippen molar-refractivity contribution in [3.63, 3.8) is 0 Å². The number of allylic oxidation sites excluding steroid dienone is 26. The van der Waals surface area contributed by atoms with E-state index in [9.17, 15) is 43.2 Å². The molecule has 0 amide bonds. The third kappa shape index (κ3) is 71.1. The molecule has 0 aliphatic heterocycles. The molecule has 0 heterocycles. The number of carbonyl (C=O) groups excluding carboxylic acids is 4. The fourth-order valence-electron chi connectivity index (χ4n) is 9.29. The minimum absolute atomic E-state index is 0.0311. The van der Waals surface area contributed by atoms with E-state index >= 15 is 0 Å². The van der Waals surface area contributed by atoms with E-state index in [4.69, 9.17) is 37.0 Å². The first-order valence-corrected chi connectivity index (χ1v) is 40.7. The van der Waals surface area contributed by atoms with E-state index in [0.29, 0.717) is 32.1 Å². The number of unbranched alkanes of at least 4 members (excludes halogenated alkanes) is 17. The van der Waals surface area contributed by atoms with Crippen LogP contribution in [0.15, 0.2) is 158 Å². The molecule has 0 aromatic heterocycles. The molecule has 19 heteroatoms. The Morgan fingerprint density at radius 1 is 0.290 bits per heavy atom. The molecule has 17 nitrogen and oxygen atoms in total. The fourth-order valence-corrected chi connectivity index (χ4v) is 10.9. The van der Waals surface area contributed by atoms with Crippen molar-refractivity contribution in [1.29, 1.82) is 0 Å². The van der Waals surface area contributed by atoms with E-state index in [0.717, 1.165) is 173 Å². The molecule has 5 atom stereocenters. The van der Waals surface area contributed by atoms with E-state index in [-0.39, 0.29) is 25.7 Å². The second kappa shape index (κ2) is 72.0. The number of phosphoric ester groups is 2. The minimum Gasteiger partial charge on any atom is -0.462 e. The largest absolute Gasteiger partial charge is 0.472 e. The normalized spacial score (nSPS) is 14.8. The SMILES string of the molecule is CC/C=C\C/C=C\C/C=C\C/C=C\CCCCCCC(=O)OCC(COP(=O)(O)OCC(O)COP(=O)(O)OCC(COC(=O)CCCCCC/C=C\C/C=C\C/C=C\C/C=C\CC)OC(=O)CCCCCCC/C=C\CCCC)OC(=O)CCCC/C=C\C/C=C\C/C=C\C/C=C\CC. The molecule has 3 N–H and O–H groups in total. The van der Waals surface area contributed by atoms with E-state index in [1.165, 1.54) is 12.8 Å². The van der Waals surface area contributed by atoms with Crippen LogP contribution in [0.25, 0.3) is 0 Å². The molecule has 0 aliphatic carbocycles. The van der Waals surface area contributed by atoms with Gasteiger partial charge in [-0.3, -0.25) is 37.3 Å². The van der Waals surface area contributed by atoms with Crippen molar-refractivity contribution < 1.29 is 80.2 Å². The summed E-state index contributed by atoms with van der Waals surface area (Å²) in [4.78, 5) is 72.8. The maximum Gasteiger partial charge on any atom is 0.472 e. The Kier molecular flexibility index (Phi) is 68.2. The number of hydrogen-bond donors (Lipinski definition) is 3. The summed E-state index contributed by atoms with van der Waals surface area (Å²) in [5.41, 5.74) is 0. The number of rotatable bonds is 69. The highest BCUT2D eigenvalue weighted by Gasteiger charge is 2.30. The van der Waals surface area contributed by atoms with Gasteiger partial charge in [0, 0.05) is 25.7 Å². The third-order valence-corrected chi connectivity index (χ3v) is 16.9. The zero-order chi connectivity index (χ0) is 73.2. The van der Waals surface area contributed by atoms with Crippen LogP contribution in [0.2, 0.25) is 0 Å². The Labute approximate surface area is 604 Å². The highest BCUT2D eigenvalue weighted by atomic mass is 31.2. The molecule has 0 aliphatic rings. The van der Waals surface area contributed by atoms with Crippen LogP contribution in [0.4, 0.5) is 0 Å². The predicted octanol–water partition coefficient (Wildman–Crippen LogP) is 21.7. The van der Waals surface area contributed by atoms with Crippen LogP contribution in [0.1, 0.15) is 272 Å². The first kappa shape index (κ1) is 94.7. The fraction of sp³-hybridized carbons (Fsp3) is 0.630. The Hall–Kier alpha value is -5.32. The summed E-state index contributed by atoms with van der Waals surface area (Å²) in [6.45, 7) is 4.35. The van der Waals surface area contributed by atoms with Crippen LogP contribution in [-0.4, -0.2) is 96.7 Å². The molecular formula is C81H132O17P2. The van der Waals surface area contributed by atoms with Crippen LogP contribution >= 0.6 is 15.6 Å². The van der Waals surface area contributed by atoms with Gasteiger partial charge in [-0.05, 0) is 161 Å². The number of hydrogen-bond acceptors (Lipinski definition) is 15. The van der Waals surface area contributed by atoms with Gasteiger partial charge in [0.25, 0.3) is 0 Å². The summed E-state index contributed by atoms with van der Waals surface area (Å²) in [6, 6.07) is 0. The number of aliphatic hydroxyl groups is 1. The summed E-state index contributed by atoms with van der Waals surface area (Å²) in [5.74, 6) is -2.30. The minimum atomic E-state index is -5.00. The number of ether oxygens (including phenoxy) is 4. The lowest BCUT2D eigenvalue weighted by Crippen LogP contribution is -2.30. The highest BCUT2D eigenvalue weighted by molar-refractivity contribution is 7.47. The second-order valence-electron chi connectivity index (χ2n) is 24.4. The van der Waals surface area contributed by atoms with Gasteiger partial charge in [0.05, 0.1) is 26.4 Å². The molecule has 0 aromatic carbocycles. The third-order valence-electron chi connectivity index (χ3n) is 15.0. The number of esters is 4. The van der Waals surface area contributed by atoms with Crippen molar-refractivity contribution in [2.24, 2.45) is 0 Å². The van der Waals surface area contributed by atoms with Crippen molar-refractivity contribution in [2.75, 3.05) is 39.6 Å². The van der Waals surface area contributed by atoms with Gasteiger partial charge >= 0.3 is 39.5 Å². The molecule has 0 saturated heterocycles.